The Hall–Kier alpha value is -2.39. The van der Waals surface area contributed by atoms with E-state index in [4.69, 9.17) is 16.7 Å². The third-order valence-electron chi connectivity index (χ3n) is 3.91. The third kappa shape index (κ3) is 4.14. The van der Waals surface area contributed by atoms with Crippen LogP contribution in [0.3, 0.4) is 0 Å². The Bertz CT molecular complexity index is 1030. The van der Waals surface area contributed by atoms with Gasteiger partial charge in [-0.05, 0) is 31.8 Å². The first-order valence-corrected chi connectivity index (χ1v) is 8.33. The van der Waals surface area contributed by atoms with E-state index in [2.05, 4.69) is 9.97 Å². The molecule has 144 valence electrons. The molecule has 0 spiro atoms. The number of carboxylic acids is 1. The van der Waals surface area contributed by atoms with Gasteiger partial charge in [-0.2, -0.15) is 13.2 Å². The summed E-state index contributed by atoms with van der Waals surface area (Å²) in [5, 5.41) is 9.24. The summed E-state index contributed by atoms with van der Waals surface area (Å²) in [7, 11) is 3.75. The maximum atomic E-state index is 13.1. The zero-order valence-corrected chi connectivity index (χ0v) is 15.3. The van der Waals surface area contributed by atoms with Crippen LogP contribution < -0.4 is 0 Å². The number of benzene rings is 1. The van der Waals surface area contributed by atoms with Crippen molar-refractivity contribution in [1.82, 2.24) is 19.4 Å². The topological polar surface area (TPSA) is 71.2 Å². The Labute approximate surface area is 157 Å². The summed E-state index contributed by atoms with van der Waals surface area (Å²) in [6, 6.07) is 5.08. The molecule has 1 N–H and O–H groups in total. The largest absolute Gasteiger partial charge is 0.481 e. The molecule has 2 aromatic heterocycles. The molecule has 0 aliphatic rings. The number of nitrogens with zero attached hydrogens (tertiary/aromatic N) is 4. The van der Waals surface area contributed by atoms with Crippen molar-refractivity contribution in [1.29, 1.82) is 0 Å². The van der Waals surface area contributed by atoms with E-state index in [0.29, 0.717) is 17.4 Å². The van der Waals surface area contributed by atoms with Crippen LogP contribution in [0.5, 0.6) is 0 Å². The number of fused-ring (bicyclic) bond motifs is 3. The first-order valence-electron chi connectivity index (χ1n) is 7.95. The van der Waals surface area contributed by atoms with Gasteiger partial charge < -0.3 is 14.6 Å². The van der Waals surface area contributed by atoms with E-state index >= 15 is 0 Å². The highest BCUT2D eigenvalue weighted by Gasteiger charge is 2.31. The monoisotopic (exact) mass is 400 g/mol. The predicted octanol–water partition coefficient (Wildman–Crippen LogP) is 3.49. The quantitative estimate of drug-likeness (QED) is 0.664. The zero-order chi connectivity index (χ0) is 19.9. The number of rotatable bonds is 5. The van der Waals surface area contributed by atoms with Crippen LogP contribution in [0.25, 0.3) is 21.9 Å². The van der Waals surface area contributed by atoms with E-state index in [-0.39, 0.29) is 22.0 Å². The fourth-order valence-corrected chi connectivity index (χ4v) is 3.34. The molecule has 27 heavy (non-hydrogen) atoms. The number of halogens is 4. The van der Waals surface area contributed by atoms with Gasteiger partial charge in [0.1, 0.15) is 29.8 Å². The molecule has 3 aromatic rings. The van der Waals surface area contributed by atoms with Crippen LogP contribution in [0, 0.1) is 0 Å². The molecule has 0 atom stereocenters. The van der Waals surface area contributed by atoms with Crippen molar-refractivity contribution in [3.05, 3.63) is 34.7 Å². The number of hydrogen-bond acceptors (Lipinski definition) is 4. The SMILES string of the molecule is CN(C)Cc1ccc2c(c1)c1nc(CC(=O)O)nc(Cl)c1n2CC(F)(F)F. The lowest BCUT2D eigenvalue weighted by Gasteiger charge is -2.12. The Balaban J connectivity index is 2.32. The van der Waals surface area contributed by atoms with Crippen molar-refractivity contribution >= 4 is 39.5 Å². The molecule has 0 fully saturated rings. The molecule has 0 radical (unpaired) electrons. The van der Waals surface area contributed by atoms with Crippen LogP contribution in [0.15, 0.2) is 18.2 Å². The van der Waals surface area contributed by atoms with Gasteiger partial charge in [-0.3, -0.25) is 4.79 Å². The van der Waals surface area contributed by atoms with E-state index in [9.17, 15) is 18.0 Å². The lowest BCUT2D eigenvalue weighted by atomic mass is 10.1. The normalized spacial score (nSPS) is 12.4. The minimum atomic E-state index is -4.47. The molecule has 10 heteroatoms. The fraction of sp³-hybridized carbons (Fsp3) is 0.353. The second-order valence-electron chi connectivity index (χ2n) is 6.49. The van der Waals surface area contributed by atoms with Crippen LogP contribution in [0.4, 0.5) is 13.2 Å². The van der Waals surface area contributed by atoms with Gasteiger partial charge in [0.2, 0.25) is 0 Å². The maximum absolute atomic E-state index is 13.1. The van der Waals surface area contributed by atoms with Crippen molar-refractivity contribution in [2.75, 3.05) is 14.1 Å². The average molecular weight is 401 g/mol. The standard InChI is InChI=1S/C17H16ClF3N4O2/c1-24(2)7-9-3-4-11-10(5-9)14-15(25(11)8-17(19,20)21)16(18)23-12(22-14)6-13(26)27/h3-5H,6-8H2,1-2H3,(H,26,27). The summed E-state index contributed by atoms with van der Waals surface area (Å²) >= 11 is 6.13. The smallest absolute Gasteiger partial charge is 0.406 e. The Kier molecular flexibility index (Phi) is 5.00. The second-order valence-corrected chi connectivity index (χ2v) is 6.85. The molecule has 0 saturated carbocycles. The van der Waals surface area contributed by atoms with Gasteiger partial charge in [-0.15, -0.1) is 0 Å². The van der Waals surface area contributed by atoms with E-state index in [1.165, 1.54) is 0 Å². The van der Waals surface area contributed by atoms with E-state index in [1.54, 1.807) is 18.2 Å². The van der Waals surface area contributed by atoms with E-state index in [0.717, 1.165) is 10.1 Å². The lowest BCUT2D eigenvalue weighted by molar-refractivity contribution is -0.139. The van der Waals surface area contributed by atoms with Crippen LogP contribution in [-0.4, -0.2) is 50.8 Å². The summed E-state index contributed by atoms with van der Waals surface area (Å²) in [5.74, 6) is -1.21. The van der Waals surface area contributed by atoms with Gasteiger partial charge in [0.15, 0.2) is 5.15 Å². The molecule has 0 aliphatic heterocycles. The Morgan fingerprint density at radius 1 is 1.30 bits per heavy atom. The highest BCUT2D eigenvalue weighted by Crippen LogP contribution is 2.34. The molecule has 1 aromatic carbocycles. The van der Waals surface area contributed by atoms with Gasteiger partial charge in [0.05, 0.1) is 5.52 Å². The molecule has 0 saturated heterocycles. The Morgan fingerprint density at radius 3 is 2.59 bits per heavy atom. The van der Waals surface area contributed by atoms with E-state index in [1.807, 2.05) is 19.0 Å². The van der Waals surface area contributed by atoms with Crippen LogP contribution in [0.1, 0.15) is 11.4 Å². The molecule has 0 bridgehead atoms. The minimum absolute atomic E-state index is 0.0418. The van der Waals surface area contributed by atoms with Crippen molar-refractivity contribution in [3.8, 4) is 0 Å². The fourth-order valence-electron chi connectivity index (χ4n) is 3.05. The van der Waals surface area contributed by atoms with Gasteiger partial charge in [-0.1, -0.05) is 17.7 Å². The molecule has 0 unspecified atom stereocenters. The van der Waals surface area contributed by atoms with E-state index < -0.39 is 25.1 Å². The van der Waals surface area contributed by atoms with Gasteiger partial charge in [-0.25, -0.2) is 9.97 Å². The minimum Gasteiger partial charge on any atom is -0.481 e. The maximum Gasteiger partial charge on any atom is 0.406 e. The third-order valence-corrected chi connectivity index (χ3v) is 4.17. The van der Waals surface area contributed by atoms with Gasteiger partial charge in [0.25, 0.3) is 0 Å². The van der Waals surface area contributed by atoms with Crippen molar-refractivity contribution in [2.24, 2.45) is 0 Å². The summed E-state index contributed by atoms with van der Waals surface area (Å²) in [6.07, 6.45) is -4.94. The number of alkyl halides is 3. The number of carbonyl (C=O) groups is 1. The molecular weight excluding hydrogens is 385 g/mol. The summed E-state index contributed by atoms with van der Waals surface area (Å²) in [5.41, 5.74) is 1.45. The summed E-state index contributed by atoms with van der Waals surface area (Å²) in [6.45, 7) is -0.663. The van der Waals surface area contributed by atoms with Crippen LogP contribution in [-0.2, 0) is 24.3 Å². The predicted molar refractivity (Wildman–Crippen MR) is 94.8 cm³/mol. The number of aromatic nitrogens is 3. The number of hydrogen-bond donors (Lipinski definition) is 1. The van der Waals surface area contributed by atoms with Crippen molar-refractivity contribution in [2.45, 2.75) is 25.7 Å². The summed E-state index contributed by atoms with van der Waals surface area (Å²) in [4.78, 5) is 21.0. The zero-order valence-electron chi connectivity index (χ0n) is 14.5. The number of aliphatic carboxylic acids is 1. The molecule has 0 amide bonds. The van der Waals surface area contributed by atoms with Gasteiger partial charge in [0, 0.05) is 11.9 Å². The summed E-state index contributed by atoms with van der Waals surface area (Å²) < 4.78 is 40.4. The highest BCUT2D eigenvalue weighted by atomic mass is 35.5. The highest BCUT2D eigenvalue weighted by molar-refractivity contribution is 6.34. The number of carboxylic acid groups (broad SMARTS) is 1. The molecular formula is C17H16ClF3N4O2. The Morgan fingerprint density at radius 2 is 2.00 bits per heavy atom. The van der Waals surface area contributed by atoms with Crippen molar-refractivity contribution < 1.29 is 23.1 Å². The van der Waals surface area contributed by atoms with Crippen molar-refractivity contribution in [3.63, 3.8) is 0 Å². The van der Waals surface area contributed by atoms with Crippen LogP contribution in [0.2, 0.25) is 5.15 Å². The average Bonchev–Trinajstić information content (AvgIpc) is 2.78. The molecule has 3 rings (SSSR count). The molecule has 0 aliphatic carbocycles. The first kappa shape index (κ1) is 19.4. The lowest BCUT2D eigenvalue weighted by Crippen LogP contribution is -2.18. The van der Waals surface area contributed by atoms with Gasteiger partial charge >= 0.3 is 12.1 Å². The molecule has 6 nitrogen and oxygen atoms in total. The second kappa shape index (κ2) is 6.97. The first-order chi connectivity index (χ1) is 12.5. The molecule has 2 heterocycles. The van der Waals surface area contributed by atoms with Crippen LogP contribution >= 0.6 is 11.6 Å².